The smallest absolute Gasteiger partial charge is 0.206 e. The number of sulfone groups is 1. The lowest BCUT2D eigenvalue weighted by atomic mass is 10.1. The fourth-order valence-corrected chi connectivity index (χ4v) is 3.28. The van der Waals surface area contributed by atoms with Crippen molar-refractivity contribution in [2.45, 2.75) is 48.7 Å². The van der Waals surface area contributed by atoms with Crippen molar-refractivity contribution >= 4 is 9.84 Å². The van der Waals surface area contributed by atoms with Crippen molar-refractivity contribution in [3.63, 3.8) is 0 Å². The summed E-state index contributed by atoms with van der Waals surface area (Å²) < 4.78 is 25.5. The summed E-state index contributed by atoms with van der Waals surface area (Å²) in [4.78, 5) is 0.318. The van der Waals surface area contributed by atoms with Crippen molar-refractivity contribution in [3.8, 4) is 23.7 Å². The van der Waals surface area contributed by atoms with E-state index in [2.05, 4.69) is 23.7 Å². The zero-order valence-electron chi connectivity index (χ0n) is 15.7. The summed E-state index contributed by atoms with van der Waals surface area (Å²) in [6.07, 6.45) is 0. The number of hydrogen-bond acceptors (Lipinski definition) is 4. The molecule has 0 spiro atoms. The first-order chi connectivity index (χ1) is 12.4. The molecule has 0 saturated carbocycles. The van der Waals surface area contributed by atoms with Crippen LogP contribution in [-0.4, -0.2) is 29.8 Å². The van der Waals surface area contributed by atoms with Gasteiger partial charge in [0.2, 0.25) is 9.84 Å². The molecule has 27 heavy (non-hydrogen) atoms. The van der Waals surface area contributed by atoms with Gasteiger partial charge >= 0.3 is 0 Å². The third-order valence-electron chi connectivity index (χ3n) is 3.35. The van der Waals surface area contributed by atoms with Gasteiger partial charge in [0.05, 0.1) is 9.79 Å². The van der Waals surface area contributed by atoms with E-state index in [1.54, 1.807) is 52.0 Å². The summed E-state index contributed by atoms with van der Waals surface area (Å²) in [6, 6.07) is 12.4. The Bertz CT molecular complexity index is 945. The average molecular weight is 382 g/mol. The van der Waals surface area contributed by atoms with Crippen LogP contribution in [0.15, 0.2) is 58.3 Å². The maximum atomic E-state index is 12.7. The Morgan fingerprint density at radius 2 is 0.963 bits per heavy atom. The molecule has 2 N–H and O–H groups in total. The van der Waals surface area contributed by atoms with Crippen molar-refractivity contribution in [2.24, 2.45) is 0 Å². The molecule has 140 valence electrons. The van der Waals surface area contributed by atoms with E-state index in [1.807, 2.05) is 0 Å². The van der Waals surface area contributed by atoms with Crippen molar-refractivity contribution in [1.29, 1.82) is 0 Å². The predicted octanol–water partition coefficient (Wildman–Crippen LogP) is 2.76. The van der Waals surface area contributed by atoms with Crippen molar-refractivity contribution in [3.05, 3.63) is 59.7 Å². The minimum atomic E-state index is -3.65. The van der Waals surface area contributed by atoms with Gasteiger partial charge in [0.25, 0.3) is 0 Å². The monoisotopic (exact) mass is 382 g/mol. The van der Waals surface area contributed by atoms with Crippen LogP contribution in [0.3, 0.4) is 0 Å². The van der Waals surface area contributed by atoms with E-state index >= 15 is 0 Å². The number of hydrogen-bond donors (Lipinski definition) is 2. The lowest BCUT2D eigenvalue weighted by Gasteiger charge is -2.07. The molecule has 0 bridgehead atoms. The largest absolute Gasteiger partial charge is 0.378 e. The first-order valence-electron chi connectivity index (χ1n) is 8.33. The maximum Gasteiger partial charge on any atom is 0.206 e. The van der Waals surface area contributed by atoms with Crippen LogP contribution in [0.2, 0.25) is 0 Å². The molecule has 0 aliphatic rings. The molecular weight excluding hydrogens is 360 g/mol. The standard InChI is InChI=1S/C22H22O4S/c1-21(2,23)15-13-17-5-9-19(10-6-17)27(25,26)20-11-7-18(8-12-20)14-16-22(3,4)24/h5-12,23-24H,1-4H3. The third-order valence-corrected chi connectivity index (χ3v) is 5.14. The van der Waals surface area contributed by atoms with Crippen molar-refractivity contribution in [1.82, 2.24) is 0 Å². The Kier molecular flexibility index (Phi) is 5.82. The van der Waals surface area contributed by atoms with Gasteiger partial charge in [-0.25, -0.2) is 8.42 Å². The van der Waals surface area contributed by atoms with E-state index in [0.717, 1.165) is 0 Å². The maximum absolute atomic E-state index is 12.7. The Morgan fingerprint density at radius 3 is 1.22 bits per heavy atom. The highest BCUT2D eigenvalue weighted by Gasteiger charge is 2.17. The molecule has 0 aliphatic heterocycles. The second kappa shape index (κ2) is 7.58. The Balaban J connectivity index is 2.27. The molecular formula is C22H22O4S. The Hall–Kier alpha value is -2.57. The summed E-state index contributed by atoms with van der Waals surface area (Å²) in [5.41, 5.74) is -0.983. The van der Waals surface area contributed by atoms with Crippen molar-refractivity contribution < 1.29 is 18.6 Å². The van der Waals surface area contributed by atoms with Gasteiger partial charge in [-0.3, -0.25) is 0 Å². The first-order valence-corrected chi connectivity index (χ1v) is 9.81. The fraction of sp³-hybridized carbons (Fsp3) is 0.273. The minimum Gasteiger partial charge on any atom is -0.378 e. The van der Waals surface area contributed by atoms with E-state index in [1.165, 1.54) is 24.3 Å². The summed E-state index contributed by atoms with van der Waals surface area (Å²) in [5.74, 6) is 11.0. The highest BCUT2D eigenvalue weighted by atomic mass is 32.2. The molecule has 0 radical (unpaired) electrons. The number of rotatable bonds is 2. The van der Waals surface area contributed by atoms with Gasteiger partial charge < -0.3 is 10.2 Å². The molecule has 0 heterocycles. The lowest BCUT2D eigenvalue weighted by molar-refractivity contribution is 0.143. The van der Waals surface area contributed by atoms with Gasteiger partial charge in [-0.1, -0.05) is 23.7 Å². The first kappa shape index (κ1) is 20.7. The lowest BCUT2D eigenvalue weighted by Crippen LogP contribution is -2.14. The molecule has 0 saturated heterocycles. The third kappa shape index (κ3) is 6.27. The van der Waals surface area contributed by atoms with Crippen LogP contribution in [0.4, 0.5) is 0 Å². The molecule has 2 aromatic rings. The molecule has 2 aromatic carbocycles. The van der Waals surface area contributed by atoms with Gasteiger partial charge in [-0.15, -0.1) is 0 Å². The number of benzene rings is 2. The Morgan fingerprint density at radius 1 is 0.667 bits per heavy atom. The highest BCUT2D eigenvalue weighted by molar-refractivity contribution is 7.91. The summed E-state index contributed by atoms with van der Waals surface area (Å²) in [5, 5.41) is 19.2. The molecule has 4 nitrogen and oxygen atoms in total. The Labute approximate surface area is 160 Å². The van der Waals surface area contributed by atoms with Crippen LogP contribution < -0.4 is 0 Å². The van der Waals surface area contributed by atoms with E-state index in [4.69, 9.17) is 0 Å². The molecule has 0 aliphatic carbocycles. The quantitative estimate of drug-likeness (QED) is 0.784. The highest BCUT2D eigenvalue weighted by Crippen LogP contribution is 2.21. The fourth-order valence-electron chi connectivity index (χ4n) is 2.02. The number of aliphatic hydroxyl groups is 2. The summed E-state index contributed by atoms with van der Waals surface area (Å²) >= 11 is 0. The molecule has 0 unspecified atom stereocenters. The summed E-state index contributed by atoms with van der Waals surface area (Å²) in [6.45, 7) is 6.31. The second-order valence-electron chi connectivity index (χ2n) is 7.17. The molecule has 0 fully saturated rings. The van der Waals surface area contributed by atoms with Crippen LogP contribution in [0.5, 0.6) is 0 Å². The van der Waals surface area contributed by atoms with Crippen LogP contribution >= 0.6 is 0 Å². The molecule has 0 atom stereocenters. The zero-order valence-corrected chi connectivity index (χ0v) is 16.6. The minimum absolute atomic E-state index is 0.159. The van der Waals surface area contributed by atoms with Crippen LogP contribution in [0.1, 0.15) is 38.8 Å². The SMILES string of the molecule is CC(C)(O)C#Cc1ccc(S(=O)(=O)c2ccc(C#CC(C)(C)O)cc2)cc1. The molecule has 5 heteroatoms. The second-order valence-corrected chi connectivity index (χ2v) is 9.12. The van der Waals surface area contributed by atoms with Crippen molar-refractivity contribution in [2.75, 3.05) is 0 Å². The van der Waals surface area contributed by atoms with Crippen LogP contribution in [0.25, 0.3) is 0 Å². The van der Waals surface area contributed by atoms with E-state index < -0.39 is 21.0 Å². The van der Waals surface area contributed by atoms with Gasteiger partial charge in [-0.05, 0) is 76.2 Å². The van der Waals surface area contributed by atoms with Gasteiger partial charge in [0.15, 0.2) is 0 Å². The molecule has 0 aromatic heterocycles. The predicted molar refractivity (Wildman–Crippen MR) is 105 cm³/mol. The van der Waals surface area contributed by atoms with E-state index in [0.29, 0.717) is 11.1 Å². The van der Waals surface area contributed by atoms with E-state index in [-0.39, 0.29) is 9.79 Å². The molecule has 0 amide bonds. The molecule has 2 rings (SSSR count). The van der Waals surface area contributed by atoms with Crippen LogP contribution in [-0.2, 0) is 9.84 Å². The summed E-state index contributed by atoms with van der Waals surface area (Å²) in [7, 11) is -3.65. The average Bonchev–Trinajstić information content (AvgIpc) is 2.58. The zero-order chi connectivity index (χ0) is 20.3. The van der Waals surface area contributed by atoms with Crippen LogP contribution in [0, 0.1) is 23.7 Å². The topological polar surface area (TPSA) is 74.6 Å². The van der Waals surface area contributed by atoms with Gasteiger partial charge in [0.1, 0.15) is 11.2 Å². The normalized spacial score (nSPS) is 11.8. The van der Waals surface area contributed by atoms with E-state index in [9.17, 15) is 18.6 Å². The van der Waals surface area contributed by atoms with Gasteiger partial charge in [0, 0.05) is 11.1 Å². The van der Waals surface area contributed by atoms with Gasteiger partial charge in [-0.2, -0.15) is 0 Å².